The zero-order valence-corrected chi connectivity index (χ0v) is 10.3. The molecule has 0 radical (unpaired) electrons. The van der Waals surface area contributed by atoms with Gasteiger partial charge in [-0.2, -0.15) is 0 Å². The van der Waals surface area contributed by atoms with Crippen molar-refractivity contribution in [2.75, 3.05) is 13.2 Å². The number of hydrogen-bond acceptors (Lipinski definition) is 3. The van der Waals surface area contributed by atoms with Crippen molar-refractivity contribution in [2.45, 2.75) is 19.5 Å². The summed E-state index contributed by atoms with van der Waals surface area (Å²) in [5.41, 5.74) is 6.82. The number of rotatable bonds is 6. The van der Waals surface area contributed by atoms with Crippen LogP contribution in [0.25, 0.3) is 0 Å². The molecule has 0 bridgehead atoms. The SMILES string of the molecule is CC(C(N)=S)N(CCO)Cc1ccccc1. The zero-order chi connectivity index (χ0) is 12.0. The summed E-state index contributed by atoms with van der Waals surface area (Å²) in [5.74, 6) is 0. The van der Waals surface area contributed by atoms with Gasteiger partial charge in [0.25, 0.3) is 0 Å². The lowest BCUT2D eigenvalue weighted by atomic mass is 10.2. The smallest absolute Gasteiger partial charge is 0.0899 e. The van der Waals surface area contributed by atoms with Gasteiger partial charge in [0.1, 0.15) is 0 Å². The van der Waals surface area contributed by atoms with E-state index in [9.17, 15) is 0 Å². The molecule has 1 rings (SSSR count). The third kappa shape index (κ3) is 3.89. The first kappa shape index (κ1) is 13.1. The average Bonchev–Trinajstić information content (AvgIpc) is 2.29. The molecule has 4 heteroatoms. The Hall–Kier alpha value is -0.970. The van der Waals surface area contributed by atoms with Gasteiger partial charge in [-0.05, 0) is 12.5 Å². The van der Waals surface area contributed by atoms with Gasteiger partial charge in [-0.3, -0.25) is 4.90 Å². The van der Waals surface area contributed by atoms with Crippen LogP contribution >= 0.6 is 12.2 Å². The summed E-state index contributed by atoms with van der Waals surface area (Å²) in [6, 6.07) is 10.1. The Morgan fingerprint density at radius 3 is 2.56 bits per heavy atom. The van der Waals surface area contributed by atoms with Crippen molar-refractivity contribution in [3.8, 4) is 0 Å². The van der Waals surface area contributed by atoms with Gasteiger partial charge in [0.2, 0.25) is 0 Å². The minimum Gasteiger partial charge on any atom is -0.395 e. The first-order valence-electron chi connectivity index (χ1n) is 5.33. The fraction of sp³-hybridized carbons (Fsp3) is 0.417. The average molecular weight is 238 g/mol. The van der Waals surface area contributed by atoms with Crippen molar-refractivity contribution in [3.63, 3.8) is 0 Å². The van der Waals surface area contributed by atoms with Crippen molar-refractivity contribution in [2.24, 2.45) is 5.73 Å². The van der Waals surface area contributed by atoms with Crippen LogP contribution in [-0.2, 0) is 6.54 Å². The molecule has 0 aliphatic carbocycles. The molecule has 1 aromatic rings. The van der Waals surface area contributed by atoms with Gasteiger partial charge in [-0.25, -0.2) is 0 Å². The highest BCUT2D eigenvalue weighted by atomic mass is 32.1. The van der Waals surface area contributed by atoms with E-state index < -0.39 is 0 Å². The molecular formula is C12H18N2OS. The van der Waals surface area contributed by atoms with Gasteiger partial charge in [0.15, 0.2) is 0 Å². The maximum absolute atomic E-state index is 9.02. The van der Waals surface area contributed by atoms with Gasteiger partial charge in [0, 0.05) is 13.1 Å². The number of thiocarbonyl (C=S) groups is 1. The molecule has 0 heterocycles. The van der Waals surface area contributed by atoms with E-state index in [-0.39, 0.29) is 12.6 Å². The normalized spacial score (nSPS) is 12.7. The number of nitrogens with zero attached hydrogens (tertiary/aromatic N) is 1. The van der Waals surface area contributed by atoms with Gasteiger partial charge in [0.05, 0.1) is 17.6 Å². The fourth-order valence-corrected chi connectivity index (χ4v) is 1.69. The molecule has 3 nitrogen and oxygen atoms in total. The molecule has 0 fully saturated rings. The lowest BCUT2D eigenvalue weighted by Gasteiger charge is -2.27. The number of hydrogen-bond donors (Lipinski definition) is 2. The quantitative estimate of drug-likeness (QED) is 0.730. The molecule has 1 aromatic carbocycles. The Morgan fingerprint density at radius 2 is 2.06 bits per heavy atom. The maximum atomic E-state index is 9.02. The molecule has 3 N–H and O–H groups in total. The lowest BCUT2D eigenvalue weighted by Crippen LogP contribution is -2.42. The maximum Gasteiger partial charge on any atom is 0.0899 e. The predicted octanol–water partition coefficient (Wildman–Crippen LogP) is 1.16. The predicted molar refractivity (Wildman–Crippen MR) is 70.2 cm³/mol. The molecule has 16 heavy (non-hydrogen) atoms. The van der Waals surface area contributed by atoms with Crippen molar-refractivity contribution in [3.05, 3.63) is 35.9 Å². The van der Waals surface area contributed by atoms with Gasteiger partial charge in [-0.15, -0.1) is 0 Å². The summed E-state index contributed by atoms with van der Waals surface area (Å²) >= 11 is 4.98. The molecule has 0 aromatic heterocycles. The standard InChI is InChI=1S/C12H18N2OS/c1-10(12(13)16)14(7-8-15)9-11-5-3-2-4-6-11/h2-6,10,15H,7-9H2,1H3,(H2,13,16). The minimum atomic E-state index is 0.00218. The molecule has 0 aliphatic heterocycles. The molecule has 0 spiro atoms. The van der Waals surface area contributed by atoms with Gasteiger partial charge in [-0.1, -0.05) is 42.5 Å². The fourth-order valence-electron chi connectivity index (χ4n) is 1.54. The molecule has 0 amide bonds. The summed E-state index contributed by atoms with van der Waals surface area (Å²) in [5, 5.41) is 9.02. The molecule has 0 saturated carbocycles. The van der Waals surface area contributed by atoms with E-state index in [4.69, 9.17) is 23.1 Å². The van der Waals surface area contributed by atoms with E-state index in [1.54, 1.807) is 0 Å². The number of benzene rings is 1. The summed E-state index contributed by atoms with van der Waals surface area (Å²) < 4.78 is 0. The van der Waals surface area contributed by atoms with Crippen LogP contribution in [0.15, 0.2) is 30.3 Å². The number of nitrogens with two attached hydrogens (primary N) is 1. The second-order valence-electron chi connectivity index (χ2n) is 3.76. The number of aliphatic hydroxyl groups excluding tert-OH is 1. The molecule has 0 saturated heterocycles. The summed E-state index contributed by atoms with van der Waals surface area (Å²) in [7, 11) is 0. The second kappa shape index (κ2) is 6.58. The minimum absolute atomic E-state index is 0.00218. The van der Waals surface area contributed by atoms with E-state index in [1.807, 2.05) is 25.1 Å². The summed E-state index contributed by atoms with van der Waals surface area (Å²) in [6.07, 6.45) is 0. The topological polar surface area (TPSA) is 49.5 Å². The highest BCUT2D eigenvalue weighted by Gasteiger charge is 2.15. The van der Waals surface area contributed by atoms with Gasteiger partial charge < -0.3 is 10.8 Å². The Balaban J connectivity index is 2.68. The van der Waals surface area contributed by atoms with Crippen molar-refractivity contribution in [1.82, 2.24) is 4.90 Å². The molecule has 1 atom stereocenters. The Bertz CT molecular complexity index is 329. The van der Waals surface area contributed by atoms with Crippen LogP contribution in [0, 0.1) is 0 Å². The van der Waals surface area contributed by atoms with E-state index >= 15 is 0 Å². The van der Waals surface area contributed by atoms with Crippen LogP contribution in [0.3, 0.4) is 0 Å². The van der Waals surface area contributed by atoms with Crippen molar-refractivity contribution >= 4 is 17.2 Å². The molecule has 1 unspecified atom stereocenters. The first-order chi connectivity index (χ1) is 7.65. The molecule has 88 valence electrons. The molecular weight excluding hydrogens is 220 g/mol. The summed E-state index contributed by atoms with van der Waals surface area (Å²) in [6.45, 7) is 3.40. The molecule has 0 aliphatic rings. The summed E-state index contributed by atoms with van der Waals surface area (Å²) in [4.78, 5) is 2.53. The van der Waals surface area contributed by atoms with E-state index in [0.717, 1.165) is 6.54 Å². The van der Waals surface area contributed by atoms with Gasteiger partial charge >= 0.3 is 0 Å². The third-order valence-electron chi connectivity index (χ3n) is 2.58. The Morgan fingerprint density at radius 1 is 1.44 bits per heavy atom. The van der Waals surface area contributed by atoms with E-state index in [0.29, 0.717) is 11.5 Å². The largest absolute Gasteiger partial charge is 0.395 e. The second-order valence-corrected chi connectivity index (χ2v) is 4.23. The first-order valence-corrected chi connectivity index (χ1v) is 5.74. The van der Waals surface area contributed by atoms with Crippen LogP contribution in [0.5, 0.6) is 0 Å². The van der Waals surface area contributed by atoms with Crippen LogP contribution in [0.4, 0.5) is 0 Å². The highest BCUT2D eigenvalue weighted by Crippen LogP contribution is 2.08. The zero-order valence-electron chi connectivity index (χ0n) is 9.47. The Labute approximate surface area is 102 Å². The van der Waals surface area contributed by atoms with Crippen LogP contribution < -0.4 is 5.73 Å². The van der Waals surface area contributed by atoms with Crippen LogP contribution in [0.2, 0.25) is 0 Å². The van der Waals surface area contributed by atoms with E-state index in [2.05, 4.69) is 17.0 Å². The Kier molecular flexibility index (Phi) is 5.38. The van der Waals surface area contributed by atoms with Crippen LogP contribution in [-0.4, -0.2) is 34.2 Å². The highest BCUT2D eigenvalue weighted by molar-refractivity contribution is 7.80. The van der Waals surface area contributed by atoms with Crippen molar-refractivity contribution in [1.29, 1.82) is 0 Å². The van der Waals surface area contributed by atoms with Crippen molar-refractivity contribution < 1.29 is 5.11 Å². The monoisotopic (exact) mass is 238 g/mol. The third-order valence-corrected chi connectivity index (χ3v) is 2.92. The van der Waals surface area contributed by atoms with Crippen LogP contribution in [0.1, 0.15) is 12.5 Å². The number of aliphatic hydroxyl groups is 1. The van der Waals surface area contributed by atoms with E-state index in [1.165, 1.54) is 5.56 Å². The lowest BCUT2D eigenvalue weighted by molar-refractivity contribution is 0.178.